The van der Waals surface area contributed by atoms with E-state index in [0.29, 0.717) is 0 Å². The number of piperidine rings is 1. The Morgan fingerprint density at radius 3 is 2.75 bits per heavy atom. The van der Waals surface area contributed by atoms with Crippen molar-refractivity contribution in [3.8, 4) is 0 Å². The lowest BCUT2D eigenvalue weighted by molar-refractivity contribution is 0.0596. The number of rotatable bonds is 2. The molecule has 0 N–H and O–H groups in total. The van der Waals surface area contributed by atoms with Crippen molar-refractivity contribution in [1.82, 2.24) is 15.0 Å². The summed E-state index contributed by atoms with van der Waals surface area (Å²) in [5.74, 6) is 0.838. The van der Waals surface area contributed by atoms with Crippen LogP contribution in [-0.2, 0) is 4.74 Å². The summed E-state index contributed by atoms with van der Waals surface area (Å²) in [4.78, 5) is 18.2. The minimum absolute atomic E-state index is 0.120. The first-order valence-electron chi connectivity index (χ1n) is 8.50. The van der Waals surface area contributed by atoms with Crippen LogP contribution in [0.15, 0.2) is 24.0 Å². The molecule has 24 heavy (non-hydrogen) atoms. The number of aromatic nitrogens is 3. The molecule has 0 radical (unpaired) electrons. The topological polar surface area (TPSA) is 54.4 Å². The zero-order valence-electron chi connectivity index (χ0n) is 14.0. The molecule has 2 fully saturated rings. The van der Waals surface area contributed by atoms with Gasteiger partial charge in [0.15, 0.2) is 5.13 Å². The van der Waals surface area contributed by atoms with Crippen LogP contribution in [0.5, 0.6) is 0 Å². The van der Waals surface area contributed by atoms with E-state index < -0.39 is 0 Å². The molecule has 128 valence electrons. The van der Waals surface area contributed by atoms with Crippen LogP contribution in [0.2, 0.25) is 0 Å². The molecule has 2 aromatic rings. The van der Waals surface area contributed by atoms with Crippen LogP contribution in [-0.4, -0.2) is 54.3 Å². The molecule has 0 bridgehead atoms. The second-order valence-corrected chi connectivity index (χ2v) is 7.75. The van der Waals surface area contributed by atoms with Gasteiger partial charge in [-0.1, -0.05) is 0 Å². The standard InChI is InChI=1S/C17H23N5OS/c1-14-9-19-15(20-10-14)21-5-2-3-17(11-21)12-22(6-7-23-13-17)16-18-4-8-24-16/h4,8-10H,2-3,5-7,11-13H2,1H3/t17-/m1/s1. The maximum atomic E-state index is 5.99. The molecule has 0 amide bonds. The van der Waals surface area contributed by atoms with E-state index in [1.54, 1.807) is 11.3 Å². The second kappa shape index (κ2) is 6.64. The zero-order chi connectivity index (χ0) is 16.4. The van der Waals surface area contributed by atoms with Gasteiger partial charge in [-0.2, -0.15) is 0 Å². The van der Waals surface area contributed by atoms with Crippen molar-refractivity contribution in [2.75, 3.05) is 49.2 Å². The van der Waals surface area contributed by atoms with Crippen LogP contribution in [0.3, 0.4) is 0 Å². The summed E-state index contributed by atoms with van der Waals surface area (Å²) < 4.78 is 5.99. The van der Waals surface area contributed by atoms with E-state index >= 15 is 0 Å². The molecule has 4 rings (SSSR count). The quantitative estimate of drug-likeness (QED) is 0.833. The van der Waals surface area contributed by atoms with Crippen LogP contribution in [0.4, 0.5) is 11.1 Å². The average Bonchev–Trinajstić information content (AvgIpc) is 3.06. The minimum atomic E-state index is 0.120. The van der Waals surface area contributed by atoms with Gasteiger partial charge in [0.2, 0.25) is 5.95 Å². The predicted molar refractivity (Wildman–Crippen MR) is 95.8 cm³/mol. The van der Waals surface area contributed by atoms with E-state index in [1.807, 2.05) is 30.9 Å². The third-order valence-electron chi connectivity index (χ3n) is 4.84. The molecule has 1 atom stereocenters. The van der Waals surface area contributed by atoms with Crippen molar-refractivity contribution < 1.29 is 4.74 Å². The molecule has 2 saturated heterocycles. The number of anilines is 2. The minimum Gasteiger partial charge on any atom is -0.379 e. The lowest BCUT2D eigenvalue weighted by Crippen LogP contribution is -2.51. The molecular weight excluding hydrogens is 322 g/mol. The lowest BCUT2D eigenvalue weighted by atomic mass is 9.80. The summed E-state index contributed by atoms with van der Waals surface area (Å²) in [6.07, 6.45) is 8.00. The van der Waals surface area contributed by atoms with Crippen LogP contribution < -0.4 is 9.80 Å². The van der Waals surface area contributed by atoms with Crippen LogP contribution in [0, 0.1) is 12.3 Å². The van der Waals surface area contributed by atoms with Crippen LogP contribution in [0.1, 0.15) is 18.4 Å². The SMILES string of the molecule is Cc1cnc(N2CCC[C@@]3(COCCN(c4nccs4)C3)C2)nc1. The normalized spacial score (nSPS) is 25.0. The Balaban J connectivity index is 1.55. The fourth-order valence-corrected chi connectivity index (χ4v) is 4.37. The van der Waals surface area contributed by atoms with Gasteiger partial charge in [0, 0.05) is 55.6 Å². The number of ether oxygens (including phenoxy) is 1. The van der Waals surface area contributed by atoms with Crippen LogP contribution >= 0.6 is 11.3 Å². The Hall–Kier alpha value is -1.73. The number of nitrogens with zero attached hydrogens (tertiary/aromatic N) is 5. The van der Waals surface area contributed by atoms with Crippen molar-refractivity contribution in [3.63, 3.8) is 0 Å². The van der Waals surface area contributed by atoms with Gasteiger partial charge in [0.1, 0.15) is 0 Å². The molecule has 2 aliphatic heterocycles. The molecular formula is C17H23N5OS. The molecule has 4 heterocycles. The third kappa shape index (κ3) is 3.23. The Kier molecular flexibility index (Phi) is 4.37. The highest BCUT2D eigenvalue weighted by molar-refractivity contribution is 7.13. The number of hydrogen-bond donors (Lipinski definition) is 0. The largest absolute Gasteiger partial charge is 0.379 e. The Labute approximate surface area is 146 Å². The predicted octanol–water partition coefficient (Wildman–Crippen LogP) is 2.36. The Bertz CT molecular complexity index is 662. The van der Waals surface area contributed by atoms with E-state index in [-0.39, 0.29) is 5.41 Å². The summed E-state index contributed by atoms with van der Waals surface area (Å²) in [6, 6.07) is 0. The smallest absolute Gasteiger partial charge is 0.225 e. The van der Waals surface area contributed by atoms with Gasteiger partial charge in [-0.05, 0) is 25.3 Å². The van der Waals surface area contributed by atoms with E-state index in [1.165, 1.54) is 6.42 Å². The van der Waals surface area contributed by atoms with Gasteiger partial charge < -0.3 is 14.5 Å². The highest BCUT2D eigenvalue weighted by Gasteiger charge is 2.40. The van der Waals surface area contributed by atoms with E-state index in [0.717, 1.165) is 62.5 Å². The maximum Gasteiger partial charge on any atom is 0.225 e. The fourth-order valence-electron chi connectivity index (χ4n) is 3.70. The molecule has 0 saturated carbocycles. The zero-order valence-corrected chi connectivity index (χ0v) is 14.8. The Morgan fingerprint density at radius 1 is 1.12 bits per heavy atom. The molecule has 0 aromatic carbocycles. The molecule has 2 aliphatic rings. The van der Waals surface area contributed by atoms with Gasteiger partial charge in [-0.3, -0.25) is 0 Å². The Morgan fingerprint density at radius 2 is 1.96 bits per heavy atom. The van der Waals surface area contributed by atoms with Crippen LogP contribution in [0.25, 0.3) is 0 Å². The lowest BCUT2D eigenvalue weighted by Gasteiger charge is -2.43. The van der Waals surface area contributed by atoms with Gasteiger partial charge in [-0.15, -0.1) is 11.3 Å². The summed E-state index contributed by atoms with van der Waals surface area (Å²) in [7, 11) is 0. The highest BCUT2D eigenvalue weighted by atomic mass is 32.1. The molecule has 6 nitrogen and oxygen atoms in total. The van der Waals surface area contributed by atoms with Crippen molar-refractivity contribution >= 4 is 22.4 Å². The summed E-state index contributed by atoms with van der Waals surface area (Å²) in [5, 5.41) is 3.14. The highest BCUT2D eigenvalue weighted by Crippen LogP contribution is 2.35. The van der Waals surface area contributed by atoms with E-state index in [4.69, 9.17) is 4.74 Å². The summed E-state index contributed by atoms with van der Waals surface area (Å²) in [6.45, 7) is 7.45. The second-order valence-electron chi connectivity index (χ2n) is 6.87. The molecule has 1 spiro atoms. The van der Waals surface area contributed by atoms with Crippen molar-refractivity contribution in [1.29, 1.82) is 0 Å². The van der Waals surface area contributed by atoms with Crippen molar-refractivity contribution in [2.45, 2.75) is 19.8 Å². The summed E-state index contributed by atoms with van der Waals surface area (Å²) in [5.41, 5.74) is 1.22. The first-order chi connectivity index (χ1) is 11.7. The van der Waals surface area contributed by atoms with Gasteiger partial charge in [0.25, 0.3) is 0 Å². The first kappa shape index (κ1) is 15.8. The molecule has 7 heteroatoms. The fraction of sp³-hybridized carbons (Fsp3) is 0.588. The maximum absolute atomic E-state index is 5.99. The number of hydrogen-bond acceptors (Lipinski definition) is 7. The molecule has 0 unspecified atom stereocenters. The average molecular weight is 345 g/mol. The monoisotopic (exact) mass is 345 g/mol. The van der Waals surface area contributed by atoms with Gasteiger partial charge in [0.05, 0.1) is 13.2 Å². The van der Waals surface area contributed by atoms with E-state index in [2.05, 4.69) is 24.8 Å². The molecule has 0 aliphatic carbocycles. The van der Waals surface area contributed by atoms with Crippen molar-refractivity contribution in [2.24, 2.45) is 5.41 Å². The van der Waals surface area contributed by atoms with Gasteiger partial charge in [-0.25, -0.2) is 15.0 Å². The van der Waals surface area contributed by atoms with Gasteiger partial charge >= 0.3 is 0 Å². The first-order valence-corrected chi connectivity index (χ1v) is 9.38. The number of aryl methyl sites for hydroxylation is 1. The third-order valence-corrected chi connectivity index (χ3v) is 5.67. The summed E-state index contributed by atoms with van der Waals surface area (Å²) >= 11 is 1.71. The van der Waals surface area contributed by atoms with E-state index in [9.17, 15) is 0 Å². The number of thiazole rings is 1. The molecule has 2 aromatic heterocycles. The van der Waals surface area contributed by atoms with Crippen molar-refractivity contribution in [3.05, 3.63) is 29.5 Å².